The first-order valence-electron chi connectivity index (χ1n) is 8.86. The van der Waals surface area contributed by atoms with Crippen LogP contribution in [0.3, 0.4) is 0 Å². The van der Waals surface area contributed by atoms with Crippen LogP contribution in [-0.2, 0) is 14.8 Å². The molecule has 156 valence electrons. The molecule has 1 aliphatic rings. The summed E-state index contributed by atoms with van der Waals surface area (Å²) in [7, 11) is -2.39. The van der Waals surface area contributed by atoms with Gasteiger partial charge in [-0.05, 0) is 62.2 Å². The molecule has 1 atom stereocenters. The molecule has 29 heavy (non-hydrogen) atoms. The van der Waals surface area contributed by atoms with E-state index in [9.17, 15) is 18.3 Å². The number of methoxy groups -OCH3 is 1. The Hall–Kier alpha value is -1.96. The predicted octanol–water partition coefficient (Wildman–Crippen LogP) is 4.80. The van der Waals surface area contributed by atoms with Crippen molar-refractivity contribution in [1.82, 2.24) is 0 Å². The minimum Gasteiger partial charge on any atom is -0.497 e. The molecule has 0 saturated heterocycles. The molecule has 0 aliphatic carbocycles. The molecule has 0 spiro atoms. The summed E-state index contributed by atoms with van der Waals surface area (Å²) in [6.45, 7) is 3.39. The molecule has 1 aliphatic heterocycles. The Labute approximate surface area is 180 Å². The summed E-state index contributed by atoms with van der Waals surface area (Å²) in [6, 6.07) is 9.28. The molecule has 9 heteroatoms. The number of fused-ring (bicyclic) bond motifs is 1. The molecule has 2 aromatic carbocycles. The van der Waals surface area contributed by atoms with Gasteiger partial charge >= 0.3 is 5.97 Å². The first kappa shape index (κ1) is 21.7. The minimum absolute atomic E-state index is 0.0202. The number of carboxylic acid groups (broad SMARTS) is 1. The molecule has 0 fully saturated rings. The monoisotopic (exact) mass is 457 g/mol. The van der Waals surface area contributed by atoms with E-state index in [1.807, 2.05) is 0 Å². The van der Waals surface area contributed by atoms with E-state index in [1.54, 1.807) is 32.0 Å². The van der Waals surface area contributed by atoms with Crippen molar-refractivity contribution in [3.8, 4) is 5.75 Å². The number of aliphatic carboxylic acids is 1. The Morgan fingerprint density at radius 1 is 1.21 bits per heavy atom. The molecule has 6 nitrogen and oxygen atoms in total. The Kier molecular flexibility index (Phi) is 5.77. The summed E-state index contributed by atoms with van der Waals surface area (Å²) in [5.41, 5.74) is 0.222. The van der Waals surface area contributed by atoms with E-state index in [0.717, 1.165) is 5.56 Å². The summed E-state index contributed by atoms with van der Waals surface area (Å²) < 4.78 is 33.3. The summed E-state index contributed by atoms with van der Waals surface area (Å²) in [4.78, 5) is 11.6. The van der Waals surface area contributed by atoms with Crippen molar-refractivity contribution < 1.29 is 23.1 Å². The van der Waals surface area contributed by atoms with E-state index in [0.29, 0.717) is 11.4 Å². The fraction of sp³-hybridized carbons (Fsp3) is 0.350. The number of benzene rings is 2. The third-order valence-electron chi connectivity index (χ3n) is 5.14. The minimum atomic E-state index is -3.92. The molecule has 1 unspecified atom stereocenters. The van der Waals surface area contributed by atoms with Gasteiger partial charge in [-0.15, -0.1) is 0 Å². The third kappa shape index (κ3) is 4.04. The second-order valence-electron chi connectivity index (χ2n) is 7.63. The molecule has 1 N–H and O–H groups in total. The van der Waals surface area contributed by atoms with E-state index >= 15 is 0 Å². The smallest absolute Gasteiger partial charge is 0.309 e. The Morgan fingerprint density at radius 2 is 1.90 bits per heavy atom. The highest BCUT2D eigenvalue weighted by atomic mass is 35.5. The van der Waals surface area contributed by atoms with Crippen molar-refractivity contribution in [2.24, 2.45) is 5.41 Å². The number of rotatable bonds is 6. The molecular weight excluding hydrogens is 437 g/mol. The average Bonchev–Trinajstić information content (AvgIpc) is 3.01. The van der Waals surface area contributed by atoms with Crippen LogP contribution in [0.4, 0.5) is 5.69 Å². The lowest BCUT2D eigenvalue weighted by Crippen LogP contribution is -2.32. The standard InChI is InChI=1S/C20H21Cl2NO5S/c1-20(2,19(24)25)10-12-11-23(18-7-4-13(28-3)8-15(12)18)29(26,27)14-5-6-16(21)17(22)9-14/h4-9,12H,10-11H2,1-3H3,(H,24,25). The van der Waals surface area contributed by atoms with Crippen LogP contribution in [0.2, 0.25) is 10.0 Å². The average molecular weight is 458 g/mol. The van der Waals surface area contributed by atoms with Crippen molar-refractivity contribution >= 4 is 44.9 Å². The van der Waals surface area contributed by atoms with E-state index in [-0.39, 0.29) is 33.8 Å². The highest BCUT2D eigenvalue weighted by molar-refractivity contribution is 7.92. The first-order valence-corrected chi connectivity index (χ1v) is 11.1. The number of hydrogen-bond acceptors (Lipinski definition) is 4. The van der Waals surface area contributed by atoms with Gasteiger partial charge in [-0.25, -0.2) is 8.42 Å². The second-order valence-corrected chi connectivity index (χ2v) is 10.3. The molecule has 0 aromatic heterocycles. The van der Waals surface area contributed by atoms with E-state index in [1.165, 1.54) is 29.6 Å². The van der Waals surface area contributed by atoms with Crippen molar-refractivity contribution in [3.05, 3.63) is 52.0 Å². The number of carboxylic acids is 1. The molecule has 1 heterocycles. The van der Waals surface area contributed by atoms with Gasteiger partial charge in [0.25, 0.3) is 10.0 Å². The van der Waals surface area contributed by atoms with Gasteiger partial charge in [0.05, 0.1) is 33.2 Å². The van der Waals surface area contributed by atoms with Gasteiger partial charge in [0.1, 0.15) is 5.75 Å². The van der Waals surface area contributed by atoms with Crippen molar-refractivity contribution in [1.29, 1.82) is 0 Å². The normalized spacial score (nSPS) is 16.6. The van der Waals surface area contributed by atoms with Crippen LogP contribution in [0.1, 0.15) is 31.7 Å². The third-order valence-corrected chi connectivity index (χ3v) is 7.66. The molecule has 0 amide bonds. The fourth-order valence-electron chi connectivity index (χ4n) is 3.48. The number of ether oxygens (including phenoxy) is 1. The van der Waals surface area contributed by atoms with Gasteiger partial charge in [-0.3, -0.25) is 9.10 Å². The van der Waals surface area contributed by atoms with E-state index in [2.05, 4.69) is 0 Å². The van der Waals surface area contributed by atoms with Gasteiger partial charge in [0, 0.05) is 12.5 Å². The molecule has 0 radical (unpaired) electrons. The van der Waals surface area contributed by atoms with Crippen LogP contribution in [0.5, 0.6) is 5.75 Å². The largest absolute Gasteiger partial charge is 0.497 e. The quantitative estimate of drug-likeness (QED) is 0.673. The zero-order chi connectivity index (χ0) is 21.6. The number of hydrogen-bond donors (Lipinski definition) is 1. The zero-order valence-corrected chi connectivity index (χ0v) is 18.5. The SMILES string of the molecule is COc1ccc2c(c1)C(CC(C)(C)C(=O)O)CN2S(=O)(=O)c1ccc(Cl)c(Cl)c1. The lowest BCUT2D eigenvalue weighted by Gasteiger charge is -2.24. The Balaban J connectivity index is 2.07. The molecular formula is C20H21Cl2NO5S. The summed E-state index contributed by atoms with van der Waals surface area (Å²) in [5, 5.41) is 9.93. The predicted molar refractivity (Wildman–Crippen MR) is 113 cm³/mol. The van der Waals surface area contributed by atoms with Crippen LogP contribution < -0.4 is 9.04 Å². The lowest BCUT2D eigenvalue weighted by molar-refractivity contribution is -0.147. The highest BCUT2D eigenvalue weighted by Crippen LogP contribution is 2.46. The van der Waals surface area contributed by atoms with Gasteiger partial charge in [0.15, 0.2) is 0 Å². The van der Waals surface area contributed by atoms with Gasteiger partial charge in [-0.1, -0.05) is 23.2 Å². The number of sulfonamides is 1. The van der Waals surface area contributed by atoms with E-state index in [4.69, 9.17) is 27.9 Å². The number of carbonyl (C=O) groups is 1. The van der Waals surface area contributed by atoms with Crippen molar-refractivity contribution in [2.75, 3.05) is 18.0 Å². The number of anilines is 1. The Bertz CT molecular complexity index is 1070. The second kappa shape index (κ2) is 7.70. The maximum absolute atomic E-state index is 13.3. The molecule has 0 saturated carbocycles. The lowest BCUT2D eigenvalue weighted by atomic mass is 9.81. The van der Waals surface area contributed by atoms with Crippen molar-refractivity contribution in [2.45, 2.75) is 31.1 Å². The molecule has 3 rings (SSSR count). The van der Waals surface area contributed by atoms with Crippen LogP contribution >= 0.6 is 23.2 Å². The van der Waals surface area contributed by atoms with Crippen LogP contribution in [0.25, 0.3) is 0 Å². The topological polar surface area (TPSA) is 83.9 Å². The van der Waals surface area contributed by atoms with E-state index < -0.39 is 21.4 Å². The number of halogens is 2. The van der Waals surface area contributed by atoms with Crippen LogP contribution in [-0.4, -0.2) is 33.1 Å². The maximum Gasteiger partial charge on any atom is 0.309 e. The first-order chi connectivity index (χ1) is 13.5. The Morgan fingerprint density at radius 3 is 2.48 bits per heavy atom. The van der Waals surface area contributed by atoms with Gasteiger partial charge in [0.2, 0.25) is 0 Å². The van der Waals surface area contributed by atoms with Crippen molar-refractivity contribution in [3.63, 3.8) is 0 Å². The molecule has 0 bridgehead atoms. The van der Waals surface area contributed by atoms with Crippen LogP contribution in [0.15, 0.2) is 41.3 Å². The van der Waals surface area contributed by atoms with Crippen LogP contribution in [0, 0.1) is 5.41 Å². The molecule has 2 aromatic rings. The fourth-order valence-corrected chi connectivity index (χ4v) is 5.41. The summed E-state index contributed by atoms with van der Waals surface area (Å²) in [6.07, 6.45) is 0.274. The zero-order valence-electron chi connectivity index (χ0n) is 16.1. The number of nitrogens with zero attached hydrogens (tertiary/aromatic N) is 1. The summed E-state index contributed by atoms with van der Waals surface area (Å²) in [5.74, 6) is -0.660. The summed E-state index contributed by atoms with van der Waals surface area (Å²) >= 11 is 11.9. The van der Waals surface area contributed by atoms with Gasteiger partial charge in [-0.2, -0.15) is 0 Å². The highest BCUT2D eigenvalue weighted by Gasteiger charge is 2.41. The van der Waals surface area contributed by atoms with Gasteiger partial charge < -0.3 is 9.84 Å². The maximum atomic E-state index is 13.3.